The molecule has 0 radical (unpaired) electrons. The fourth-order valence-corrected chi connectivity index (χ4v) is 3.90. The molecule has 0 aliphatic rings. The van der Waals surface area contributed by atoms with Crippen molar-refractivity contribution in [2.45, 2.75) is 18.7 Å². The number of thiophene rings is 1. The van der Waals surface area contributed by atoms with Crippen molar-refractivity contribution in [3.63, 3.8) is 0 Å². The van der Waals surface area contributed by atoms with E-state index >= 15 is 0 Å². The van der Waals surface area contributed by atoms with Gasteiger partial charge in [0, 0.05) is 21.4 Å². The topological polar surface area (TPSA) is 66.4 Å². The molecule has 28 heavy (non-hydrogen) atoms. The van der Waals surface area contributed by atoms with E-state index < -0.39 is 23.5 Å². The molecule has 2 N–H and O–H groups in total. The Morgan fingerprint density at radius 3 is 2.46 bits per heavy atom. The summed E-state index contributed by atoms with van der Waals surface area (Å²) in [7, 11) is 0. The number of thiol groups is 1. The molecule has 1 heterocycles. The molecule has 0 unspecified atom stereocenters. The summed E-state index contributed by atoms with van der Waals surface area (Å²) in [4.78, 5) is 24.8. The van der Waals surface area contributed by atoms with Gasteiger partial charge in [-0.1, -0.05) is 23.8 Å². The molecule has 0 atom stereocenters. The van der Waals surface area contributed by atoms with Crippen LogP contribution in [-0.2, 0) is 0 Å². The van der Waals surface area contributed by atoms with Gasteiger partial charge in [0.05, 0.1) is 5.56 Å². The highest BCUT2D eigenvalue weighted by molar-refractivity contribution is 7.80. The molecule has 0 fully saturated rings. The van der Waals surface area contributed by atoms with Crippen LogP contribution in [0.3, 0.4) is 0 Å². The fraction of sp³-hybridized carbons (Fsp3) is 0.100. The molecule has 0 saturated heterocycles. The lowest BCUT2D eigenvalue weighted by molar-refractivity contribution is 0.0699. The lowest BCUT2D eigenvalue weighted by Crippen LogP contribution is -2.14. The molecule has 0 spiro atoms. The third-order valence-electron chi connectivity index (χ3n) is 4.19. The summed E-state index contributed by atoms with van der Waals surface area (Å²) >= 11 is 5.17. The van der Waals surface area contributed by atoms with E-state index in [0.717, 1.165) is 16.9 Å². The van der Waals surface area contributed by atoms with Gasteiger partial charge < -0.3 is 10.4 Å². The first kappa shape index (κ1) is 20.0. The normalized spacial score (nSPS) is 10.8. The number of aromatic carboxylic acids is 1. The number of aryl methyl sites for hydroxylation is 2. The smallest absolute Gasteiger partial charge is 0.339 e. The van der Waals surface area contributed by atoms with Crippen LogP contribution in [0.25, 0.3) is 11.1 Å². The van der Waals surface area contributed by atoms with Crippen LogP contribution in [0.1, 0.15) is 31.8 Å². The Balaban J connectivity index is 2.05. The van der Waals surface area contributed by atoms with Crippen LogP contribution < -0.4 is 5.32 Å². The van der Waals surface area contributed by atoms with Gasteiger partial charge in [-0.3, -0.25) is 4.79 Å². The Kier molecular flexibility index (Phi) is 5.53. The highest BCUT2D eigenvalue weighted by Crippen LogP contribution is 2.38. The summed E-state index contributed by atoms with van der Waals surface area (Å²) in [5.41, 5.74) is 0.756. The quantitative estimate of drug-likeness (QED) is 0.486. The first-order valence-electron chi connectivity index (χ1n) is 8.11. The predicted molar refractivity (Wildman–Crippen MR) is 108 cm³/mol. The Hall–Kier alpha value is -2.71. The van der Waals surface area contributed by atoms with E-state index in [0.29, 0.717) is 4.90 Å². The van der Waals surface area contributed by atoms with E-state index in [2.05, 4.69) is 17.9 Å². The highest BCUT2D eigenvalue weighted by atomic mass is 32.1. The molecule has 4 nitrogen and oxygen atoms in total. The zero-order chi connectivity index (χ0) is 20.6. The first-order chi connectivity index (χ1) is 13.2. The van der Waals surface area contributed by atoms with E-state index in [-0.39, 0.29) is 32.8 Å². The Labute approximate surface area is 169 Å². The number of amides is 1. The Bertz CT molecular complexity index is 1110. The van der Waals surface area contributed by atoms with Gasteiger partial charge >= 0.3 is 5.97 Å². The van der Waals surface area contributed by atoms with Crippen molar-refractivity contribution < 1.29 is 23.5 Å². The predicted octanol–water partition coefficient (Wildman–Crippen LogP) is 5.55. The number of benzene rings is 2. The number of halogens is 2. The molecule has 144 valence electrons. The number of anilines is 1. The summed E-state index contributed by atoms with van der Waals surface area (Å²) in [6, 6.07) is 7.77. The molecule has 3 aromatic rings. The Morgan fingerprint density at radius 1 is 1.07 bits per heavy atom. The molecule has 0 saturated carbocycles. The molecule has 2 aromatic carbocycles. The standard InChI is InChI=1S/C20H15F2NO3S2/c1-9-3-6-14(27)12(7-9)18(24)23-19-15(20(25)26)13(8-28-19)11-5-4-10(2)16(21)17(11)22/h3-8,27H,1-2H3,(H,23,24)(H,25,26). The minimum absolute atomic E-state index is 0.000427. The third kappa shape index (κ3) is 3.65. The fourth-order valence-electron chi connectivity index (χ4n) is 2.72. The number of rotatable bonds is 4. The van der Waals surface area contributed by atoms with E-state index in [9.17, 15) is 23.5 Å². The zero-order valence-electron chi connectivity index (χ0n) is 14.8. The van der Waals surface area contributed by atoms with Crippen LogP contribution in [0.4, 0.5) is 13.8 Å². The number of carbonyl (C=O) groups excluding carboxylic acids is 1. The van der Waals surface area contributed by atoms with Crippen molar-refractivity contribution in [3.8, 4) is 11.1 Å². The van der Waals surface area contributed by atoms with Crippen molar-refractivity contribution in [3.05, 3.63) is 69.6 Å². The maximum absolute atomic E-state index is 14.4. The van der Waals surface area contributed by atoms with E-state index in [1.165, 1.54) is 24.4 Å². The van der Waals surface area contributed by atoms with E-state index in [4.69, 9.17) is 0 Å². The zero-order valence-corrected chi connectivity index (χ0v) is 16.6. The number of carbonyl (C=O) groups is 2. The number of carboxylic acids is 1. The number of nitrogens with one attached hydrogen (secondary N) is 1. The molecule has 1 aromatic heterocycles. The molecule has 0 aliphatic heterocycles. The largest absolute Gasteiger partial charge is 0.478 e. The first-order valence-corrected chi connectivity index (χ1v) is 9.44. The van der Waals surface area contributed by atoms with Crippen molar-refractivity contribution in [2.75, 3.05) is 5.32 Å². The summed E-state index contributed by atoms with van der Waals surface area (Å²) < 4.78 is 28.3. The van der Waals surface area contributed by atoms with Gasteiger partial charge in [0.2, 0.25) is 0 Å². The molecule has 0 bridgehead atoms. The minimum atomic E-state index is -1.36. The van der Waals surface area contributed by atoms with Crippen molar-refractivity contribution in [1.82, 2.24) is 0 Å². The molecule has 0 aliphatic carbocycles. The second kappa shape index (κ2) is 7.73. The van der Waals surface area contributed by atoms with Crippen LogP contribution in [0.2, 0.25) is 0 Å². The van der Waals surface area contributed by atoms with Crippen LogP contribution in [0.5, 0.6) is 0 Å². The van der Waals surface area contributed by atoms with Crippen molar-refractivity contribution in [1.29, 1.82) is 0 Å². The van der Waals surface area contributed by atoms with Gasteiger partial charge in [-0.05, 0) is 31.5 Å². The van der Waals surface area contributed by atoms with Crippen LogP contribution >= 0.6 is 24.0 Å². The summed E-state index contributed by atoms with van der Waals surface area (Å²) in [6.07, 6.45) is 0. The maximum Gasteiger partial charge on any atom is 0.339 e. The van der Waals surface area contributed by atoms with Crippen molar-refractivity contribution >= 4 is 40.8 Å². The SMILES string of the molecule is Cc1ccc(S)c(C(=O)Nc2scc(-c3ccc(C)c(F)c3F)c2C(=O)O)c1. The summed E-state index contributed by atoms with van der Waals surface area (Å²) in [5.74, 6) is -4.07. The minimum Gasteiger partial charge on any atom is -0.478 e. The van der Waals surface area contributed by atoms with Gasteiger partial charge in [-0.2, -0.15) is 0 Å². The summed E-state index contributed by atoms with van der Waals surface area (Å²) in [6.45, 7) is 3.22. The highest BCUT2D eigenvalue weighted by Gasteiger charge is 2.25. The molecule has 3 rings (SSSR count). The van der Waals surface area contributed by atoms with Crippen LogP contribution in [-0.4, -0.2) is 17.0 Å². The monoisotopic (exact) mass is 419 g/mol. The second-order valence-electron chi connectivity index (χ2n) is 6.19. The van der Waals surface area contributed by atoms with Gasteiger partial charge in [0.15, 0.2) is 11.6 Å². The lowest BCUT2D eigenvalue weighted by Gasteiger charge is -2.09. The van der Waals surface area contributed by atoms with Gasteiger partial charge in [0.25, 0.3) is 5.91 Å². The molecular formula is C20H15F2NO3S2. The molecular weight excluding hydrogens is 404 g/mol. The van der Waals surface area contributed by atoms with Gasteiger partial charge in [-0.15, -0.1) is 24.0 Å². The maximum atomic E-state index is 14.4. The van der Waals surface area contributed by atoms with E-state index in [1.807, 2.05) is 6.92 Å². The molecule has 8 heteroatoms. The van der Waals surface area contributed by atoms with Gasteiger partial charge in [-0.25, -0.2) is 13.6 Å². The van der Waals surface area contributed by atoms with Gasteiger partial charge in [0.1, 0.15) is 10.6 Å². The number of hydrogen-bond acceptors (Lipinski definition) is 4. The average Bonchev–Trinajstić information content (AvgIpc) is 3.05. The number of carboxylic acid groups (broad SMARTS) is 1. The van der Waals surface area contributed by atoms with Crippen molar-refractivity contribution in [2.24, 2.45) is 0 Å². The van der Waals surface area contributed by atoms with Crippen LogP contribution in [0, 0.1) is 25.5 Å². The Morgan fingerprint density at radius 2 is 1.79 bits per heavy atom. The van der Waals surface area contributed by atoms with E-state index in [1.54, 1.807) is 18.2 Å². The summed E-state index contributed by atoms with van der Waals surface area (Å²) in [5, 5.41) is 13.6. The molecule has 1 amide bonds. The lowest BCUT2D eigenvalue weighted by atomic mass is 10.0. The van der Waals surface area contributed by atoms with Crippen LogP contribution in [0.15, 0.2) is 40.6 Å². The second-order valence-corrected chi connectivity index (χ2v) is 7.55. The average molecular weight is 419 g/mol. The third-order valence-corrected chi connectivity index (χ3v) is 5.48. The number of hydrogen-bond donors (Lipinski definition) is 3.